The van der Waals surface area contributed by atoms with E-state index in [4.69, 9.17) is 38.9 Å². The second-order valence-electron chi connectivity index (χ2n) is 17.5. The van der Waals surface area contributed by atoms with Crippen LogP contribution >= 0.6 is 0 Å². The van der Waals surface area contributed by atoms with Gasteiger partial charge in [0.15, 0.2) is 18.2 Å². The van der Waals surface area contributed by atoms with E-state index >= 15 is 0 Å². The van der Waals surface area contributed by atoms with Gasteiger partial charge < -0.3 is 64.4 Å². The molecule has 0 aromatic rings. The van der Waals surface area contributed by atoms with Crippen molar-refractivity contribution in [2.45, 2.75) is 168 Å². The van der Waals surface area contributed by atoms with E-state index < -0.39 is 97.0 Å². The summed E-state index contributed by atoms with van der Waals surface area (Å²) in [5.41, 5.74) is 6.78. The van der Waals surface area contributed by atoms with E-state index in [-0.39, 0.29) is 42.3 Å². The van der Waals surface area contributed by atoms with Crippen LogP contribution < -0.4 is 5.73 Å². The highest BCUT2D eigenvalue weighted by molar-refractivity contribution is 5.87. The number of aliphatic hydroxyl groups excluding tert-OH is 4. The van der Waals surface area contributed by atoms with Crippen LogP contribution in [0, 0.1) is 35.5 Å². The van der Waals surface area contributed by atoms with E-state index in [1.54, 1.807) is 52.0 Å². The van der Waals surface area contributed by atoms with Crippen molar-refractivity contribution in [2.24, 2.45) is 41.2 Å². The van der Waals surface area contributed by atoms with Crippen LogP contribution in [-0.2, 0) is 38.0 Å². The molecule has 0 radical (unpaired) electrons. The first kappa shape index (κ1) is 52.2. The summed E-state index contributed by atoms with van der Waals surface area (Å²) in [7, 11) is 2.81. The Morgan fingerprint density at radius 2 is 1.77 bits per heavy atom. The Kier molecular flexibility index (Phi) is 20.1. The van der Waals surface area contributed by atoms with E-state index in [9.17, 15) is 35.1 Å². The number of methoxy groups -OCH3 is 2. The van der Waals surface area contributed by atoms with Crippen LogP contribution in [0.4, 0.5) is 4.79 Å². The van der Waals surface area contributed by atoms with Gasteiger partial charge in [-0.1, -0.05) is 89.1 Å². The number of ether oxygens (including phenoxy) is 7. The minimum Gasteiger partial charge on any atom is -0.490 e. The van der Waals surface area contributed by atoms with Crippen LogP contribution in [0.1, 0.15) is 94.9 Å². The fraction of sp³-hybridized carbons (Fsp3) is 0.739. The van der Waals surface area contributed by atoms with Crippen LogP contribution in [0.5, 0.6) is 0 Å². The average Bonchev–Trinajstić information content (AvgIpc) is 3.19. The molecule has 1 amide bonds. The maximum absolute atomic E-state index is 13.9. The van der Waals surface area contributed by atoms with Gasteiger partial charge in [0.25, 0.3) is 0 Å². The molecule has 3 rings (SSSR count). The normalized spacial score (nSPS) is 39.1. The minimum atomic E-state index is -1.97. The van der Waals surface area contributed by atoms with Crippen molar-refractivity contribution >= 4 is 12.1 Å². The molecule has 3 aliphatic heterocycles. The Hall–Kier alpha value is -3.12. The van der Waals surface area contributed by atoms with Crippen LogP contribution in [0.3, 0.4) is 0 Å². The number of allylic oxidation sites excluding steroid dienone is 6. The highest BCUT2D eigenvalue weighted by Gasteiger charge is 2.52. The molecule has 0 bridgehead atoms. The number of cyclic esters (lactones) is 1. The number of rotatable bonds is 11. The van der Waals surface area contributed by atoms with E-state index in [0.29, 0.717) is 18.4 Å². The maximum atomic E-state index is 13.9. The Morgan fingerprint density at radius 3 is 2.34 bits per heavy atom. The van der Waals surface area contributed by atoms with E-state index in [0.717, 1.165) is 5.57 Å². The fourth-order valence-corrected chi connectivity index (χ4v) is 8.94. The molecule has 0 aromatic carbocycles. The lowest BCUT2D eigenvalue weighted by Crippen LogP contribution is -2.59. The molecular weight excluding hydrogens is 790 g/mol. The molecular formula is C46H75NO14. The summed E-state index contributed by atoms with van der Waals surface area (Å²) < 4.78 is 41.4. The molecule has 0 spiro atoms. The van der Waals surface area contributed by atoms with Gasteiger partial charge in [0.1, 0.15) is 12.2 Å². The highest BCUT2D eigenvalue weighted by atomic mass is 16.7. The number of amides is 1. The largest absolute Gasteiger partial charge is 0.490 e. The van der Waals surface area contributed by atoms with Crippen molar-refractivity contribution in [1.29, 1.82) is 0 Å². The zero-order valence-corrected chi connectivity index (χ0v) is 38.2. The SMILES string of the molecule is CC=C[C@H]1O[C@@](O)([C@@H](C)[C@H](O)[C@H](C)[C@H]2OC(=O)C(OC)=CC(C)=C[C@@H](C)[C@@H](O)[C@@H](CC)[C@@H](O)[C@H](C)CC(C)=CC=C[C@@H]2OC)C[C@@H](O[C@H]2C[C@@H](O)[C@H](OC(N)=O)[C@@H](C)O2)[C@@H]1C. The predicted octanol–water partition coefficient (Wildman–Crippen LogP) is 4.98. The number of carbonyl (C=O) groups excluding carboxylic acids is 2. The minimum absolute atomic E-state index is 0.0313. The van der Waals surface area contributed by atoms with Gasteiger partial charge in [-0.25, -0.2) is 9.59 Å². The first-order chi connectivity index (χ1) is 28.6. The smallest absolute Gasteiger partial charge is 0.404 e. The quantitative estimate of drug-likeness (QED) is 0.119. The number of esters is 1. The molecule has 0 unspecified atom stereocenters. The summed E-state index contributed by atoms with van der Waals surface area (Å²) in [6, 6.07) is 0. The van der Waals surface area contributed by atoms with Gasteiger partial charge in [0.2, 0.25) is 5.76 Å². The molecule has 18 atom stereocenters. The standard InChI is InChI=1S/C46H75NO14/c1-13-16-34-28(7)37(58-38-22-33(48)43(31(10)57-38)60-45(47)53)23-46(54,61-34)30(9)41(51)29(8)42-35(55-11)18-15-17-24(3)19-26(5)39(49)32(14-2)40(50)27(6)20-25(4)21-36(56-12)44(52)59-42/h13,15-18,20-21,26-35,37-43,48-51,54H,14,19,22-23H2,1-12H3,(H2,47,53)/t26-,27-,28-,29+,30+,31-,32+,33-,34-,35+,37-,38+,39+,40-,41-,42-,43-,46-/m1/s1. The molecule has 7 N–H and O–H groups in total. The Morgan fingerprint density at radius 1 is 1.10 bits per heavy atom. The lowest BCUT2D eigenvalue weighted by atomic mass is 9.77. The molecule has 2 saturated heterocycles. The molecule has 15 heteroatoms. The monoisotopic (exact) mass is 866 g/mol. The molecule has 3 heterocycles. The Balaban J connectivity index is 2.00. The van der Waals surface area contributed by atoms with Crippen molar-refractivity contribution in [2.75, 3.05) is 14.2 Å². The second-order valence-corrected chi connectivity index (χ2v) is 17.5. The molecule has 61 heavy (non-hydrogen) atoms. The second kappa shape index (κ2) is 23.5. The lowest BCUT2D eigenvalue weighted by Gasteiger charge is -2.49. The summed E-state index contributed by atoms with van der Waals surface area (Å²) in [5.74, 6) is -6.00. The van der Waals surface area contributed by atoms with Crippen molar-refractivity contribution in [3.05, 3.63) is 59.4 Å². The van der Waals surface area contributed by atoms with Gasteiger partial charge in [-0.3, -0.25) is 0 Å². The third-order valence-electron chi connectivity index (χ3n) is 12.8. The first-order valence-corrected chi connectivity index (χ1v) is 21.7. The molecule has 0 saturated carbocycles. The van der Waals surface area contributed by atoms with Crippen LogP contribution in [0.25, 0.3) is 0 Å². The lowest BCUT2D eigenvalue weighted by molar-refractivity contribution is -0.338. The molecule has 0 aliphatic carbocycles. The summed E-state index contributed by atoms with van der Waals surface area (Å²) >= 11 is 0. The van der Waals surface area contributed by atoms with Gasteiger partial charge >= 0.3 is 12.1 Å². The maximum Gasteiger partial charge on any atom is 0.404 e. The zero-order chi connectivity index (χ0) is 45.9. The van der Waals surface area contributed by atoms with E-state index in [1.165, 1.54) is 20.3 Å². The number of aliphatic hydroxyl groups is 5. The van der Waals surface area contributed by atoms with Gasteiger partial charge in [-0.2, -0.15) is 0 Å². The van der Waals surface area contributed by atoms with Crippen molar-refractivity contribution in [3.63, 3.8) is 0 Å². The Bertz CT molecular complexity index is 1570. The van der Waals surface area contributed by atoms with Crippen molar-refractivity contribution in [1.82, 2.24) is 0 Å². The third kappa shape index (κ3) is 13.7. The number of hydrogen-bond donors (Lipinski definition) is 6. The topological polar surface area (TPSA) is 226 Å². The molecule has 15 nitrogen and oxygen atoms in total. The van der Waals surface area contributed by atoms with Crippen molar-refractivity contribution < 1.29 is 68.3 Å². The first-order valence-electron chi connectivity index (χ1n) is 21.7. The van der Waals surface area contributed by atoms with Crippen molar-refractivity contribution in [3.8, 4) is 0 Å². The highest BCUT2D eigenvalue weighted by Crippen LogP contribution is 2.42. The number of carbonyl (C=O) groups is 2. The molecule has 3 aliphatic rings. The van der Waals surface area contributed by atoms with E-state index in [2.05, 4.69) is 0 Å². The number of nitrogens with two attached hydrogens (primary N) is 1. The molecule has 0 aromatic heterocycles. The van der Waals surface area contributed by atoms with Gasteiger partial charge in [-0.05, 0) is 52.5 Å². The number of primary amides is 1. The predicted molar refractivity (Wildman–Crippen MR) is 228 cm³/mol. The molecule has 348 valence electrons. The summed E-state index contributed by atoms with van der Waals surface area (Å²) in [5, 5.41) is 58.0. The number of hydrogen-bond acceptors (Lipinski definition) is 14. The van der Waals surface area contributed by atoms with Gasteiger partial charge in [0, 0.05) is 49.5 Å². The zero-order valence-electron chi connectivity index (χ0n) is 38.2. The van der Waals surface area contributed by atoms with E-state index in [1.807, 2.05) is 53.7 Å². The van der Waals surface area contributed by atoms with Crippen LogP contribution in [0.15, 0.2) is 59.4 Å². The Labute approximate surface area is 362 Å². The summed E-state index contributed by atoms with van der Waals surface area (Å²) in [6.45, 7) is 18.2. The summed E-state index contributed by atoms with van der Waals surface area (Å²) in [6.07, 6.45) is 2.20. The molecule has 2 fully saturated rings. The fourth-order valence-electron chi connectivity index (χ4n) is 8.94. The van der Waals surface area contributed by atoms with Gasteiger partial charge in [0.05, 0.1) is 49.8 Å². The summed E-state index contributed by atoms with van der Waals surface area (Å²) in [4.78, 5) is 25.4. The van der Waals surface area contributed by atoms with Gasteiger partial charge in [-0.15, -0.1) is 0 Å². The average molecular weight is 866 g/mol. The third-order valence-corrected chi connectivity index (χ3v) is 12.8. The van der Waals surface area contributed by atoms with Crippen LogP contribution in [0.2, 0.25) is 0 Å². The van der Waals surface area contributed by atoms with Crippen LogP contribution in [-0.4, -0.2) is 125 Å².